The molecule has 2 amide bonds. The van der Waals surface area contributed by atoms with E-state index < -0.39 is 47.4 Å². The summed E-state index contributed by atoms with van der Waals surface area (Å²) in [7, 11) is 0. The molecule has 1 aliphatic rings. The van der Waals surface area contributed by atoms with Crippen LogP contribution in [0.4, 0.5) is 8.78 Å². The number of aliphatic carboxylic acids is 1. The Kier molecular flexibility index (Phi) is 6.51. The molecule has 0 spiro atoms. The monoisotopic (exact) mass is 382 g/mol. The van der Waals surface area contributed by atoms with Gasteiger partial charge in [-0.1, -0.05) is 26.3 Å². The van der Waals surface area contributed by atoms with Gasteiger partial charge >= 0.3 is 5.97 Å². The second kappa shape index (κ2) is 8.45. The SMILES string of the molecule is CC(C)C[C@H](NC(=O)CNC(=O)C1(c2ccc(F)cc2F)CCC1)C(=O)O. The largest absolute Gasteiger partial charge is 0.480 e. The topological polar surface area (TPSA) is 95.5 Å². The number of halogens is 2. The third-order valence-electron chi connectivity index (χ3n) is 4.84. The summed E-state index contributed by atoms with van der Waals surface area (Å²) in [6.45, 7) is 3.26. The number of hydrogen-bond donors (Lipinski definition) is 3. The summed E-state index contributed by atoms with van der Waals surface area (Å²) in [5, 5.41) is 14.0. The van der Waals surface area contributed by atoms with Crippen LogP contribution in [0.15, 0.2) is 18.2 Å². The van der Waals surface area contributed by atoms with Gasteiger partial charge in [0.25, 0.3) is 0 Å². The van der Waals surface area contributed by atoms with Gasteiger partial charge in [-0.05, 0) is 31.2 Å². The normalized spacial score (nSPS) is 16.3. The van der Waals surface area contributed by atoms with Gasteiger partial charge in [0.2, 0.25) is 11.8 Å². The van der Waals surface area contributed by atoms with E-state index in [4.69, 9.17) is 5.11 Å². The van der Waals surface area contributed by atoms with Gasteiger partial charge < -0.3 is 15.7 Å². The summed E-state index contributed by atoms with van der Waals surface area (Å²) in [4.78, 5) is 35.8. The van der Waals surface area contributed by atoms with Crippen molar-refractivity contribution in [2.24, 2.45) is 5.92 Å². The molecule has 1 aromatic carbocycles. The first-order valence-electron chi connectivity index (χ1n) is 8.91. The van der Waals surface area contributed by atoms with E-state index in [1.807, 2.05) is 13.8 Å². The molecule has 1 atom stereocenters. The molecule has 27 heavy (non-hydrogen) atoms. The molecule has 1 aliphatic carbocycles. The fourth-order valence-electron chi connectivity index (χ4n) is 3.29. The van der Waals surface area contributed by atoms with E-state index in [-0.39, 0.29) is 17.9 Å². The fourth-order valence-corrected chi connectivity index (χ4v) is 3.29. The molecule has 0 bridgehead atoms. The summed E-state index contributed by atoms with van der Waals surface area (Å²) in [5.41, 5.74) is -1.02. The molecule has 0 radical (unpaired) electrons. The number of carbonyl (C=O) groups is 3. The molecule has 1 saturated carbocycles. The van der Waals surface area contributed by atoms with Gasteiger partial charge in [-0.2, -0.15) is 0 Å². The number of carboxylic acid groups (broad SMARTS) is 1. The number of carbonyl (C=O) groups excluding carboxylic acids is 2. The van der Waals surface area contributed by atoms with Gasteiger partial charge in [-0.25, -0.2) is 13.6 Å². The minimum atomic E-state index is -1.15. The number of amides is 2. The predicted octanol–water partition coefficient (Wildman–Crippen LogP) is 2.12. The lowest BCUT2D eigenvalue weighted by Crippen LogP contribution is -2.53. The van der Waals surface area contributed by atoms with Gasteiger partial charge in [0.1, 0.15) is 17.7 Å². The Balaban J connectivity index is 2.01. The van der Waals surface area contributed by atoms with E-state index in [0.717, 1.165) is 12.1 Å². The van der Waals surface area contributed by atoms with E-state index in [2.05, 4.69) is 10.6 Å². The van der Waals surface area contributed by atoms with Crippen LogP contribution >= 0.6 is 0 Å². The van der Waals surface area contributed by atoms with Crippen LogP contribution in [-0.4, -0.2) is 35.5 Å². The predicted molar refractivity (Wildman–Crippen MR) is 93.9 cm³/mol. The summed E-state index contributed by atoms with van der Waals surface area (Å²) in [6, 6.07) is 2.05. The summed E-state index contributed by atoms with van der Waals surface area (Å²) in [5.74, 6) is -3.75. The Labute approximate surface area is 156 Å². The Hall–Kier alpha value is -2.51. The van der Waals surface area contributed by atoms with Crippen molar-refractivity contribution < 1.29 is 28.3 Å². The Morgan fingerprint density at radius 2 is 1.89 bits per heavy atom. The fraction of sp³-hybridized carbons (Fsp3) is 0.526. The number of hydrogen-bond acceptors (Lipinski definition) is 3. The van der Waals surface area contributed by atoms with Gasteiger partial charge in [0.15, 0.2) is 0 Å². The molecule has 0 aliphatic heterocycles. The highest BCUT2D eigenvalue weighted by Crippen LogP contribution is 2.45. The maximum absolute atomic E-state index is 14.1. The van der Waals surface area contributed by atoms with Crippen LogP contribution in [-0.2, 0) is 19.8 Å². The zero-order chi connectivity index (χ0) is 20.2. The van der Waals surface area contributed by atoms with Gasteiger partial charge in [-0.15, -0.1) is 0 Å². The minimum Gasteiger partial charge on any atom is -0.480 e. The quantitative estimate of drug-likeness (QED) is 0.642. The number of benzene rings is 1. The second-order valence-electron chi connectivity index (χ2n) is 7.33. The van der Waals surface area contributed by atoms with Crippen LogP contribution < -0.4 is 10.6 Å². The molecule has 1 aromatic rings. The minimum absolute atomic E-state index is 0.0701. The average Bonchev–Trinajstić information content (AvgIpc) is 2.52. The summed E-state index contributed by atoms with van der Waals surface area (Å²) in [6.07, 6.45) is 1.77. The van der Waals surface area contributed by atoms with E-state index in [0.29, 0.717) is 19.3 Å². The highest BCUT2D eigenvalue weighted by molar-refractivity contribution is 5.93. The molecular weight excluding hydrogens is 358 g/mol. The first-order valence-corrected chi connectivity index (χ1v) is 8.91. The third-order valence-corrected chi connectivity index (χ3v) is 4.84. The molecule has 1 fully saturated rings. The van der Waals surface area contributed by atoms with E-state index in [1.165, 1.54) is 6.07 Å². The Bertz CT molecular complexity index is 732. The standard InChI is InChI=1S/C19H24F2N2O4/c1-11(2)8-15(17(25)26)23-16(24)10-22-18(27)19(6-3-7-19)13-5-4-12(20)9-14(13)21/h4-5,9,11,15H,3,6-8,10H2,1-2H3,(H,22,27)(H,23,24)(H,25,26)/t15-/m0/s1. The Morgan fingerprint density at radius 3 is 2.37 bits per heavy atom. The molecule has 148 valence electrons. The average molecular weight is 382 g/mol. The Morgan fingerprint density at radius 1 is 1.22 bits per heavy atom. The number of nitrogens with one attached hydrogen (secondary N) is 2. The van der Waals surface area contributed by atoms with Crippen LogP contribution in [0, 0.1) is 17.6 Å². The van der Waals surface area contributed by atoms with Crippen LogP contribution in [0.2, 0.25) is 0 Å². The maximum Gasteiger partial charge on any atom is 0.326 e. The highest BCUT2D eigenvalue weighted by atomic mass is 19.1. The first kappa shape index (κ1) is 20.8. The zero-order valence-corrected chi connectivity index (χ0v) is 15.4. The van der Waals surface area contributed by atoms with Crippen molar-refractivity contribution in [1.29, 1.82) is 0 Å². The van der Waals surface area contributed by atoms with Crippen LogP contribution in [0.3, 0.4) is 0 Å². The van der Waals surface area contributed by atoms with Gasteiger partial charge in [0, 0.05) is 11.6 Å². The molecule has 6 nitrogen and oxygen atoms in total. The second-order valence-corrected chi connectivity index (χ2v) is 7.33. The molecule has 0 heterocycles. The lowest BCUT2D eigenvalue weighted by Gasteiger charge is -2.40. The molecule has 3 N–H and O–H groups in total. The number of rotatable bonds is 8. The van der Waals surface area contributed by atoms with Crippen LogP contribution in [0.1, 0.15) is 45.1 Å². The van der Waals surface area contributed by atoms with E-state index in [1.54, 1.807) is 0 Å². The van der Waals surface area contributed by atoms with E-state index >= 15 is 0 Å². The van der Waals surface area contributed by atoms with Crippen molar-refractivity contribution in [3.05, 3.63) is 35.4 Å². The molecule has 2 rings (SSSR count). The van der Waals surface area contributed by atoms with Crippen molar-refractivity contribution in [2.45, 2.75) is 51.0 Å². The van der Waals surface area contributed by atoms with Crippen molar-refractivity contribution in [1.82, 2.24) is 10.6 Å². The molecule has 8 heteroatoms. The zero-order valence-electron chi connectivity index (χ0n) is 15.4. The molecule has 0 aromatic heterocycles. The van der Waals surface area contributed by atoms with Crippen molar-refractivity contribution in [2.75, 3.05) is 6.54 Å². The summed E-state index contributed by atoms with van der Waals surface area (Å²) < 4.78 is 27.3. The van der Waals surface area contributed by atoms with Crippen molar-refractivity contribution in [3.8, 4) is 0 Å². The van der Waals surface area contributed by atoms with Crippen LogP contribution in [0.25, 0.3) is 0 Å². The smallest absolute Gasteiger partial charge is 0.326 e. The third kappa shape index (κ3) is 4.81. The highest BCUT2D eigenvalue weighted by Gasteiger charge is 2.47. The lowest BCUT2D eigenvalue weighted by atomic mass is 9.63. The van der Waals surface area contributed by atoms with Crippen molar-refractivity contribution >= 4 is 17.8 Å². The molecular formula is C19H24F2N2O4. The molecule has 0 saturated heterocycles. The van der Waals surface area contributed by atoms with Gasteiger partial charge in [0.05, 0.1) is 12.0 Å². The lowest BCUT2D eigenvalue weighted by molar-refractivity contribution is -0.142. The summed E-state index contributed by atoms with van der Waals surface area (Å²) >= 11 is 0. The molecule has 0 unspecified atom stereocenters. The van der Waals surface area contributed by atoms with Crippen LogP contribution in [0.5, 0.6) is 0 Å². The first-order chi connectivity index (χ1) is 12.7. The van der Waals surface area contributed by atoms with Crippen molar-refractivity contribution in [3.63, 3.8) is 0 Å². The van der Waals surface area contributed by atoms with Gasteiger partial charge in [-0.3, -0.25) is 9.59 Å². The van der Waals surface area contributed by atoms with E-state index in [9.17, 15) is 23.2 Å². The number of carboxylic acids is 1. The maximum atomic E-state index is 14.1.